The lowest BCUT2D eigenvalue weighted by molar-refractivity contribution is 0.240. The van der Waals surface area contributed by atoms with Crippen LogP contribution in [0.3, 0.4) is 0 Å². The van der Waals surface area contributed by atoms with E-state index >= 15 is 0 Å². The highest BCUT2D eigenvalue weighted by atomic mass is 32.1. The van der Waals surface area contributed by atoms with E-state index in [4.69, 9.17) is 18.0 Å². The van der Waals surface area contributed by atoms with Crippen LogP contribution in [0.4, 0.5) is 4.39 Å². The molecule has 0 bridgehead atoms. The van der Waals surface area contributed by atoms with Gasteiger partial charge in [-0.25, -0.2) is 4.39 Å². The Balaban J connectivity index is 2.20. The molecule has 2 nitrogen and oxygen atoms in total. The lowest BCUT2D eigenvalue weighted by atomic mass is 10.1. The molecule has 0 amide bonds. The molecule has 98 valence electrons. The van der Waals surface area contributed by atoms with Crippen molar-refractivity contribution in [2.24, 2.45) is 5.73 Å². The highest BCUT2D eigenvalue weighted by molar-refractivity contribution is 7.80. The number of benzene rings is 1. The van der Waals surface area contributed by atoms with E-state index in [1.54, 1.807) is 6.07 Å². The van der Waals surface area contributed by atoms with Crippen LogP contribution in [0.1, 0.15) is 37.3 Å². The maximum absolute atomic E-state index is 13.2. The molecular formula is C14H19FN2S. The van der Waals surface area contributed by atoms with Crippen LogP contribution in [-0.2, 0) is 6.54 Å². The number of likely N-dealkylation sites (tertiary alicyclic amines) is 1. The molecule has 0 spiro atoms. The summed E-state index contributed by atoms with van der Waals surface area (Å²) < 4.78 is 13.2. The zero-order valence-electron chi connectivity index (χ0n) is 10.7. The Morgan fingerprint density at radius 2 is 2.33 bits per heavy atom. The molecule has 1 saturated heterocycles. The largest absolute Gasteiger partial charge is 0.389 e. The molecule has 18 heavy (non-hydrogen) atoms. The van der Waals surface area contributed by atoms with Gasteiger partial charge in [-0.2, -0.15) is 0 Å². The third kappa shape index (κ3) is 2.87. The van der Waals surface area contributed by atoms with Crippen molar-refractivity contribution in [3.8, 4) is 0 Å². The average molecular weight is 266 g/mol. The summed E-state index contributed by atoms with van der Waals surface area (Å²) in [7, 11) is 0. The highest BCUT2D eigenvalue weighted by Crippen LogP contribution is 2.23. The molecule has 1 atom stereocenters. The Bertz CT molecular complexity index is 447. The fraction of sp³-hybridized carbons (Fsp3) is 0.500. The third-order valence-electron chi connectivity index (χ3n) is 3.68. The summed E-state index contributed by atoms with van der Waals surface area (Å²) in [5.41, 5.74) is 7.38. The first kappa shape index (κ1) is 13.4. The zero-order chi connectivity index (χ0) is 13.1. The van der Waals surface area contributed by atoms with Crippen molar-refractivity contribution in [1.29, 1.82) is 0 Å². The van der Waals surface area contributed by atoms with Gasteiger partial charge in [-0.15, -0.1) is 0 Å². The molecule has 0 saturated carbocycles. The predicted octanol–water partition coefficient (Wildman–Crippen LogP) is 2.83. The summed E-state index contributed by atoms with van der Waals surface area (Å²) in [5.74, 6) is -0.282. The predicted molar refractivity (Wildman–Crippen MR) is 76.0 cm³/mol. The Labute approximate surface area is 113 Å². The van der Waals surface area contributed by atoms with Crippen LogP contribution in [0.15, 0.2) is 18.2 Å². The van der Waals surface area contributed by atoms with Crippen LogP contribution < -0.4 is 5.73 Å². The van der Waals surface area contributed by atoms with Gasteiger partial charge in [0.25, 0.3) is 0 Å². The number of nitrogens with two attached hydrogens (primary N) is 1. The van der Waals surface area contributed by atoms with E-state index in [0.717, 1.165) is 25.1 Å². The maximum Gasteiger partial charge on any atom is 0.123 e. The van der Waals surface area contributed by atoms with Gasteiger partial charge in [0.05, 0.1) is 0 Å². The first-order valence-electron chi connectivity index (χ1n) is 6.44. The lowest BCUT2D eigenvalue weighted by Crippen LogP contribution is -2.29. The Morgan fingerprint density at radius 3 is 3.00 bits per heavy atom. The molecule has 2 N–H and O–H groups in total. The number of nitrogens with zero attached hydrogens (tertiary/aromatic N) is 1. The van der Waals surface area contributed by atoms with Gasteiger partial charge in [-0.1, -0.05) is 25.2 Å². The monoisotopic (exact) mass is 266 g/mol. The van der Waals surface area contributed by atoms with Crippen molar-refractivity contribution in [3.63, 3.8) is 0 Å². The van der Waals surface area contributed by atoms with Crippen molar-refractivity contribution in [1.82, 2.24) is 4.90 Å². The van der Waals surface area contributed by atoms with E-state index in [9.17, 15) is 4.39 Å². The SMILES string of the molecule is CCC1CCCN1Cc1ccc(F)cc1C(N)=S. The molecular weight excluding hydrogens is 247 g/mol. The van der Waals surface area contributed by atoms with Crippen LogP contribution in [-0.4, -0.2) is 22.5 Å². The van der Waals surface area contributed by atoms with Gasteiger partial charge in [0.1, 0.15) is 10.8 Å². The van der Waals surface area contributed by atoms with Gasteiger partial charge in [-0.3, -0.25) is 4.90 Å². The van der Waals surface area contributed by atoms with Gasteiger partial charge in [-0.05, 0) is 43.5 Å². The highest BCUT2D eigenvalue weighted by Gasteiger charge is 2.23. The van der Waals surface area contributed by atoms with Crippen LogP contribution in [0.25, 0.3) is 0 Å². The molecule has 1 aliphatic rings. The summed E-state index contributed by atoms with van der Waals surface area (Å²) in [4.78, 5) is 2.71. The second-order valence-electron chi connectivity index (χ2n) is 4.84. The van der Waals surface area contributed by atoms with Crippen molar-refractivity contribution >= 4 is 17.2 Å². The Hall–Kier alpha value is -1.00. The van der Waals surface area contributed by atoms with Crippen molar-refractivity contribution < 1.29 is 4.39 Å². The molecule has 0 aliphatic carbocycles. The second kappa shape index (κ2) is 5.76. The minimum Gasteiger partial charge on any atom is -0.389 e. The molecule has 4 heteroatoms. The quantitative estimate of drug-likeness (QED) is 0.850. The first-order chi connectivity index (χ1) is 8.61. The minimum absolute atomic E-state index is 0.275. The Kier molecular flexibility index (Phi) is 4.30. The van der Waals surface area contributed by atoms with E-state index in [2.05, 4.69) is 11.8 Å². The molecule has 1 aromatic rings. The zero-order valence-corrected chi connectivity index (χ0v) is 11.5. The van der Waals surface area contributed by atoms with Crippen molar-refractivity contribution in [3.05, 3.63) is 35.1 Å². The molecule has 1 fully saturated rings. The standard InChI is InChI=1S/C14H19FN2S/c1-2-12-4-3-7-17(12)9-10-5-6-11(15)8-13(10)14(16)18/h5-6,8,12H,2-4,7,9H2,1H3,(H2,16,18). The molecule has 1 aromatic carbocycles. The average Bonchev–Trinajstić information content (AvgIpc) is 2.78. The molecule has 1 aliphatic heterocycles. The maximum atomic E-state index is 13.2. The van der Waals surface area contributed by atoms with Gasteiger partial charge in [0.2, 0.25) is 0 Å². The van der Waals surface area contributed by atoms with E-state index < -0.39 is 0 Å². The number of hydrogen-bond donors (Lipinski definition) is 1. The van der Waals surface area contributed by atoms with E-state index in [1.807, 2.05) is 0 Å². The van der Waals surface area contributed by atoms with E-state index in [1.165, 1.54) is 25.0 Å². The third-order valence-corrected chi connectivity index (χ3v) is 3.90. The molecule has 0 radical (unpaired) electrons. The van der Waals surface area contributed by atoms with Gasteiger partial charge in [0, 0.05) is 18.2 Å². The summed E-state index contributed by atoms with van der Waals surface area (Å²) in [6, 6.07) is 5.35. The second-order valence-corrected chi connectivity index (χ2v) is 5.28. The summed E-state index contributed by atoms with van der Waals surface area (Å²) >= 11 is 5.00. The molecule has 1 heterocycles. The number of halogens is 1. The van der Waals surface area contributed by atoms with Gasteiger partial charge >= 0.3 is 0 Å². The summed E-state index contributed by atoms with van der Waals surface area (Å²) in [6.45, 7) is 4.13. The van der Waals surface area contributed by atoms with Crippen LogP contribution in [0.5, 0.6) is 0 Å². The Morgan fingerprint density at radius 1 is 1.56 bits per heavy atom. The fourth-order valence-electron chi connectivity index (χ4n) is 2.70. The molecule has 2 rings (SSSR count). The smallest absolute Gasteiger partial charge is 0.123 e. The van der Waals surface area contributed by atoms with Gasteiger partial charge in [0.15, 0.2) is 0 Å². The first-order valence-corrected chi connectivity index (χ1v) is 6.85. The molecule has 1 unspecified atom stereocenters. The minimum atomic E-state index is -0.282. The lowest BCUT2D eigenvalue weighted by Gasteiger charge is -2.24. The summed E-state index contributed by atoms with van der Waals surface area (Å²) in [5, 5.41) is 0. The van der Waals surface area contributed by atoms with E-state index in [-0.39, 0.29) is 10.8 Å². The van der Waals surface area contributed by atoms with Crippen LogP contribution in [0, 0.1) is 5.82 Å². The van der Waals surface area contributed by atoms with Crippen molar-refractivity contribution in [2.45, 2.75) is 38.8 Å². The van der Waals surface area contributed by atoms with Crippen molar-refractivity contribution in [2.75, 3.05) is 6.54 Å². The summed E-state index contributed by atoms with van der Waals surface area (Å²) in [6.07, 6.45) is 3.64. The number of rotatable bonds is 4. The van der Waals surface area contributed by atoms with Gasteiger partial charge < -0.3 is 5.73 Å². The fourth-order valence-corrected chi connectivity index (χ4v) is 2.89. The topological polar surface area (TPSA) is 29.3 Å². The molecule has 0 aromatic heterocycles. The number of hydrogen-bond acceptors (Lipinski definition) is 2. The van der Waals surface area contributed by atoms with Crippen LogP contribution in [0.2, 0.25) is 0 Å². The van der Waals surface area contributed by atoms with E-state index in [0.29, 0.717) is 11.6 Å². The number of thiocarbonyl (C=S) groups is 1. The normalized spacial score (nSPS) is 20.2. The van der Waals surface area contributed by atoms with Crippen LogP contribution >= 0.6 is 12.2 Å².